The molecule has 0 radical (unpaired) electrons. The van der Waals surface area contributed by atoms with Crippen LogP contribution in [0.2, 0.25) is 0 Å². The first-order chi connectivity index (χ1) is 11.2. The quantitative estimate of drug-likeness (QED) is 0.485. The molecule has 0 atom stereocenters. The van der Waals surface area contributed by atoms with Gasteiger partial charge in [-0.3, -0.25) is 4.57 Å². The lowest BCUT2D eigenvalue weighted by atomic mass is 9.96. The number of rotatable bonds is 7. The van der Waals surface area contributed by atoms with Gasteiger partial charge in [0, 0.05) is 11.8 Å². The number of hydrogen-bond acceptors (Lipinski definition) is 4. The van der Waals surface area contributed by atoms with E-state index in [4.69, 9.17) is 9.05 Å². The minimum absolute atomic E-state index is 0.319. The molecule has 1 aliphatic carbocycles. The molecule has 126 valence electrons. The first kappa shape index (κ1) is 18.1. The second-order valence-corrected chi connectivity index (χ2v) is 7.43. The molecule has 0 bridgehead atoms. The molecule has 5 heteroatoms. The van der Waals surface area contributed by atoms with Gasteiger partial charge in [0.25, 0.3) is 0 Å². The molecular weight excluding hydrogens is 309 g/mol. The maximum atomic E-state index is 13.2. The third-order valence-corrected chi connectivity index (χ3v) is 5.84. The summed E-state index contributed by atoms with van der Waals surface area (Å²) in [5.41, 5.74) is 2.49. The van der Waals surface area contributed by atoms with Crippen molar-refractivity contribution in [3.05, 3.63) is 47.7 Å². The Kier molecular flexibility index (Phi) is 7.22. The van der Waals surface area contributed by atoms with Crippen LogP contribution in [0.25, 0.3) is 0 Å². The molecule has 2 rings (SSSR count). The largest absolute Gasteiger partial charge is 0.380 e. The standard InChI is InChI=1S/C18H26NO3P/c1-3-21-23(20,22-4-2)18(17-13-9-6-10-14-17)19-15-16-11-7-5-8-12-16/h6,9-10,13-15H,3-5,7-8,11-12H2,1-2H3. The molecule has 0 spiro atoms. The Morgan fingerprint density at radius 1 is 1.09 bits per heavy atom. The lowest BCUT2D eigenvalue weighted by Crippen LogP contribution is -2.09. The van der Waals surface area contributed by atoms with Crippen molar-refractivity contribution in [2.24, 2.45) is 4.99 Å². The SMILES string of the molecule is CCOP(=O)(OCC)C(=NC=C1CCCCC1)c1ccccc1. The lowest BCUT2D eigenvalue weighted by molar-refractivity contribution is 0.232. The summed E-state index contributed by atoms with van der Waals surface area (Å²) in [7, 11) is -3.41. The molecule has 0 N–H and O–H groups in total. The van der Waals surface area contributed by atoms with Gasteiger partial charge in [0.15, 0.2) is 5.45 Å². The van der Waals surface area contributed by atoms with E-state index in [1.165, 1.54) is 24.8 Å². The van der Waals surface area contributed by atoms with Crippen LogP contribution in [0.15, 0.2) is 47.1 Å². The molecule has 1 aromatic rings. The molecule has 1 aliphatic rings. The summed E-state index contributed by atoms with van der Waals surface area (Å²) in [6.45, 7) is 4.27. The van der Waals surface area contributed by atoms with Crippen molar-refractivity contribution >= 4 is 13.0 Å². The smallest absolute Gasteiger partial charge is 0.304 e. The number of hydrogen-bond donors (Lipinski definition) is 0. The molecule has 4 nitrogen and oxygen atoms in total. The highest BCUT2D eigenvalue weighted by Crippen LogP contribution is 2.51. The van der Waals surface area contributed by atoms with E-state index in [-0.39, 0.29) is 0 Å². The van der Waals surface area contributed by atoms with Gasteiger partial charge in [-0.2, -0.15) is 0 Å². The van der Waals surface area contributed by atoms with E-state index < -0.39 is 7.60 Å². The maximum absolute atomic E-state index is 13.2. The summed E-state index contributed by atoms with van der Waals surface area (Å²) in [5, 5.41) is 0. The van der Waals surface area contributed by atoms with E-state index in [0.717, 1.165) is 18.4 Å². The molecule has 1 saturated carbocycles. The van der Waals surface area contributed by atoms with E-state index in [9.17, 15) is 4.57 Å². The van der Waals surface area contributed by atoms with Crippen molar-refractivity contribution in [1.82, 2.24) is 0 Å². The molecule has 1 fully saturated rings. The Bertz CT molecular complexity index is 578. The number of nitrogens with zero attached hydrogens (tertiary/aromatic N) is 1. The highest BCUT2D eigenvalue weighted by molar-refractivity contribution is 7.73. The zero-order chi connectivity index (χ0) is 16.5. The summed E-state index contributed by atoms with van der Waals surface area (Å²) >= 11 is 0. The monoisotopic (exact) mass is 335 g/mol. The van der Waals surface area contributed by atoms with Gasteiger partial charge in [-0.15, -0.1) is 0 Å². The molecule has 0 heterocycles. The Morgan fingerprint density at radius 3 is 2.26 bits per heavy atom. The van der Waals surface area contributed by atoms with Gasteiger partial charge in [-0.1, -0.05) is 42.3 Å². The van der Waals surface area contributed by atoms with Crippen molar-refractivity contribution in [3.8, 4) is 0 Å². The first-order valence-corrected chi connectivity index (χ1v) is 9.94. The second kappa shape index (κ2) is 9.17. The Hall–Kier alpha value is -1.22. The summed E-state index contributed by atoms with van der Waals surface area (Å²) < 4.78 is 24.2. The number of aliphatic imine (C=N–C) groups is 1. The van der Waals surface area contributed by atoms with Crippen molar-refractivity contribution < 1.29 is 13.6 Å². The van der Waals surface area contributed by atoms with Crippen molar-refractivity contribution in [1.29, 1.82) is 0 Å². The summed E-state index contributed by atoms with van der Waals surface area (Å²) in [4.78, 5) is 4.57. The normalized spacial score (nSPS) is 16.4. The number of allylic oxidation sites excluding steroid dienone is 1. The Balaban J connectivity index is 2.40. The van der Waals surface area contributed by atoms with Crippen molar-refractivity contribution in [2.75, 3.05) is 13.2 Å². The van der Waals surface area contributed by atoms with E-state index in [1.54, 1.807) is 0 Å². The van der Waals surface area contributed by atoms with Gasteiger partial charge >= 0.3 is 7.60 Å². The van der Waals surface area contributed by atoms with E-state index in [2.05, 4.69) is 4.99 Å². The van der Waals surface area contributed by atoms with Gasteiger partial charge < -0.3 is 9.05 Å². The minimum Gasteiger partial charge on any atom is -0.304 e. The fraction of sp³-hybridized carbons (Fsp3) is 0.500. The molecule has 0 unspecified atom stereocenters. The van der Waals surface area contributed by atoms with Crippen LogP contribution in [0.4, 0.5) is 0 Å². The third kappa shape index (κ3) is 5.13. The molecule has 0 saturated heterocycles. The third-order valence-electron chi connectivity index (χ3n) is 3.75. The van der Waals surface area contributed by atoms with Gasteiger partial charge in [-0.05, 0) is 39.5 Å². The predicted molar refractivity (Wildman–Crippen MR) is 95.0 cm³/mol. The van der Waals surface area contributed by atoms with Crippen LogP contribution < -0.4 is 0 Å². The van der Waals surface area contributed by atoms with Crippen LogP contribution in [0.3, 0.4) is 0 Å². The van der Waals surface area contributed by atoms with Gasteiger partial charge in [-0.25, -0.2) is 4.99 Å². The second-order valence-electron chi connectivity index (χ2n) is 5.50. The van der Waals surface area contributed by atoms with Crippen molar-refractivity contribution in [3.63, 3.8) is 0 Å². The van der Waals surface area contributed by atoms with Crippen LogP contribution in [-0.2, 0) is 13.6 Å². The van der Waals surface area contributed by atoms with Crippen molar-refractivity contribution in [2.45, 2.75) is 46.0 Å². The maximum Gasteiger partial charge on any atom is 0.380 e. The summed E-state index contributed by atoms with van der Waals surface area (Å²) in [5.74, 6) is 0. The fourth-order valence-corrected chi connectivity index (χ4v) is 4.34. The van der Waals surface area contributed by atoms with Crippen LogP contribution in [-0.4, -0.2) is 18.7 Å². The van der Waals surface area contributed by atoms with Gasteiger partial charge in [0.2, 0.25) is 0 Å². The zero-order valence-corrected chi connectivity index (χ0v) is 14.9. The minimum atomic E-state index is -3.41. The van der Waals surface area contributed by atoms with Crippen LogP contribution in [0, 0.1) is 0 Å². The Labute approximate surface area is 139 Å². The fourth-order valence-electron chi connectivity index (χ4n) is 2.68. The molecule has 0 aliphatic heterocycles. The average molecular weight is 335 g/mol. The van der Waals surface area contributed by atoms with Crippen LogP contribution in [0.1, 0.15) is 51.5 Å². The predicted octanol–water partition coefficient (Wildman–Crippen LogP) is 5.55. The topological polar surface area (TPSA) is 47.9 Å². The molecule has 23 heavy (non-hydrogen) atoms. The summed E-state index contributed by atoms with van der Waals surface area (Å²) in [6, 6.07) is 9.51. The zero-order valence-electron chi connectivity index (χ0n) is 14.0. The lowest BCUT2D eigenvalue weighted by Gasteiger charge is -2.19. The van der Waals surface area contributed by atoms with E-state index in [1.807, 2.05) is 50.4 Å². The molecular formula is C18H26NO3P. The highest BCUT2D eigenvalue weighted by atomic mass is 31.2. The summed E-state index contributed by atoms with van der Waals surface area (Å²) in [6.07, 6.45) is 7.70. The number of benzene rings is 1. The Morgan fingerprint density at radius 2 is 1.70 bits per heavy atom. The van der Waals surface area contributed by atoms with Crippen LogP contribution >= 0.6 is 7.60 Å². The first-order valence-electron chi connectivity index (χ1n) is 8.40. The van der Waals surface area contributed by atoms with E-state index >= 15 is 0 Å². The van der Waals surface area contributed by atoms with Gasteiger partial charge in [0.05, 0.1) is 13.2 Å². The highest BCUT2D eigenvalue weighted by Gasteiger charge is 2.32. The van der Waals surface area contributed by atoms with Gasteiger partial charge in [0.1, 0.15) is 0 Å². The average Bonchev–Trinajstić information content (AvgIpc) is 2.57. The van der Waals surface area contributed by atoms with E-state index in [0.29, 0.717) is 18.7 Å². The molecule has 1 aromatic carbocycles. The molecule has 0 amide bonds. The molecule has 0 aromatic heterocycles. The van der Waals surface area contributed by atoms with Crippen LogP contribution in [0.5, 0.6) is 0 Å².